The molecule has 1 N–H and O–H groups in total. The summed E-state index contributed by atoms with van der Waals surface area (Å²) < 4.78 is 0. The van der Waals surface area contributed by atoms with Crippen molar-refractivity contribution in [3.63, 3.8) is 0 Å². The van der Waals surface area contributed by atoms with E-state index >= 15 is 0 Å². The van der Waals surface area contributed by atoms with Gasteiger partial charge < -0.3 is 4.89 Å². The quantitative estimate of drug-likeness (QED) is 0.290. The Morgan fingerprint density at radius 1 is 1.50 bits per heavy atom. The Balaban J connectivity index is -0.00000000167. The second-order valence-corrected chi connectivity index (χ2v) is 0. The molecule has 0 amide bonds. The molecule has 0 aliphatic rings. The van der Waals surface area contributed by atoms with Crippen LogP contribution in [0.5, 0.6) is 0 Å². The molecule has 0 heterocycles. The first-order valence-electron chi connectivity index (χ1n) is 0.258. The van der Waals surface area contributed by atoms with Crippen molar-refractivity contribution in [2.45, 2.75) is 0 Å². The summed E-state index contributed by atoms with van der Waals surface area (Å²) in [6.07, 6.45) is 0. The number of rotatable bonds is 0. The molecule has 0 rings (SSSR count). The zero-order valence-electron chi connectivity index (χ0n) is 1.02. The van der Waals surface area contributed by atoms with Gasteiger partial charge in [0.05, 0.1) is 0 Å². The van der Waals surface area contributed by atoms with E-state index in [0.29, 0.717) is 0 Å². The van der Waals surface area contributed by atoms with Crippen molar-refractivity contribution in [2.24, 2.45) is 0 Å². The van der Waals surface area contributed by atoms with E-state index in [1.54, 1.807) is 0 Å². The zero-order chi connectivity index (χ0) is 2.00. The summed E-state index contributed by atoms with van der Waals surface area (Å²) in [6, 6.07) is 0. The van der Waals surface area contributed by atoms with Gasteiger partial charge in [-0.1, -0.05) is 0 Å². The van der Waals surface area contributed by atoms with E-state index in [0.717, 1.165) is 0 Å². The smallest absolute Gasteiger partial charge is 0 e. The molecule has 0 aromatic heterocycles. The van der Waals surface area contributed by atoms with Gasteiger partial charge in [-0.25, -0.2) is 0 Å². The second kappa shape index (κ2) is 19.0. The molecule has 0 bridgehead atoms. The Hall–Kier alpha value is 2.18. The molecule has 0 spiro atoms. The largest absolute Gasteiger partial charge is 0 e. The molecular formula is H10AlCaOP. The van der Waals surface area contributed by atoms with Crippen LogP contribution >= 0.6 is 9.47 Å². The van der Waals surface area contributed by atoms with Crippen LogP contribution in [0.25, 0.3) is 0 Å². The van der Waals surface area contributed by atoms with Crippen LogP contribution in [0.2, 0.25) is 0 Å². The average Bonchev–Trinajstić information content (AvgIpc) is 1.00. The number of hydrogen-bond donors (Lipinski definition) is 1. The Labute approximate surface area is 70.1 Å². The van der Waals surface area contributed by atoms with Crippen LogP contribution in [0.4, 0.5) is 0 Å². The van der Waals surface area contributed by atoms with Crippen LogP contribution in [0.3, 0.4) is 0 Å². The van der Waals surface area contributed by atoms with Crippen molar-refractivity contribution in [2.75, 3.05) is 0 Å². The van der Waals surface area contributed by atoms with Crippen LogP contribution in [-0.2, 0) is 0 Å². The van der Waals surface area contributed by atoms with Crippen molar-refractivity contribution in [1.82, 2.24) is 0 Å². The van der Waals surface area contributed by atoms with Crippen LogP contribution in [0, 0.1) is 0 Å². The third-order valence-electron chi connectivity index (χ3n) is 0. The molecule has 0 fully saturated rings. The Bertz CT molecular complexity index is 11.6. The van der Waals surface area contributed by atoms with Gasteiger partial charge in [-0.2, -0.15) is 0 Å². The molecule has 0 saturated heterocycles. The van der Waals surface area contributed by atoms with Gasteiger partial charge in [-0.3, -0.25) is 0 Å². The predicted molar refractivity (Wildman–Crippen MR) is 32.5 cm³/mol. The molecular weight excluding hydrogens is 114 g/mol. The number of hydrogen-bond acceptors (Lipinski definition) is 1. The predicted octanol–water partition coefficient (Wildman–Crippen LogP) is -2.09. The summed E-state index contributed by atoms with van der Waals surface area (Å²) in [5.41, 5.74) is 0. The maximum Gasteiger partial charge on any atom is 0 e. The van der Waals surface area contributed by atoms with Crippen molar-refractivity contribution in [3.05, 3.63) is 0 Å². The standard InChI is InChI=1S/Al.Ca.H3OP.H2.5H/c;;1-2;;;;;;/h;;1H,2H2;1H;;;;;. The summed E-state index contributed by atoms with van der Waals surface area (Å²) in [7, 11) is 1.42. The average molecular weight is 124 g/mol. The van der Waals surface area contributed by atoms with Crippen molar-refractivity contribution in [1.29, 1.82) is 0 Å². The Kier molecular flexibility index (Phi) is 78.0. The topological polar surface area (TPSA) is 20.2 Å². The third kappa shape index (κ3) is 8.89. The minimum absolute atomic E-state index is 0. The van der Waals surface area contributed by atoms with E-state index in [4.69, 9.17) is 4.89 Å². The maximum absolute atomic E-state index is 6.92. The summed E-state index contributed by atoms with van der Waals surface area (Å²) in [5, 5.41) is 0. The van der Waals surface area contributed by atoms with E-state index in [2.05, 4.69) is 0 Å². The van der Waals surface area contributed by atoms with Crippen molar-refractivity contribution in [3.8, 4) is 0 Å². The van der Waals surface area contributed by atoms with E-state index in [-0.39, 0.29) is 56.5 Å². The van der Waals surface area contributed by atoms with E-state index in [1.807, 2.05) is 0 Å². The molecule has 0 saturated carbocycles. The summed E-state index contributed by atoms with van der Waals surface area (Å²) >= 11 is 0. The van der Waals surface area contributed by atoms with Gasteiger partial charge in [-0.05, 0) is 9.47 Å². The molecule has 0 radical (unpaired) electrons. The van der Waals surface area contributed by atoms with Crippen LogP contribution in [0.1, 0.15) is 1.43 Å². The third-order valence-corrected chi connectivity index (χ3v) is 0. The Morgan fingerprint density at radius 3 is 1.50 bits per heavy atom. The molecule has 1 unspecified atom stereocenters. The molecule has 0 aromatic carbocycles. The first-order chi connectivity index (χ1) is 1.00. The molecule has 4 heteroatoms. The molecule has 26 valence electrons. The summed E-state index contributed by atoms with van der Waals surface area (Å²) in [5.74, 6) is 0. The molecule has 1 nitrogen and oxygen atoms in total. The maximum atomic E-state index is 6.92. The van der Waals surface area contributed by atoms with E-state index in [9.17, 15) is 0 Å². The second-order valence-electron chi connectivity index (χ2n) is 0. The van der Waals surface area contributed by atoms with Crippen molar-refractivity contribution < 1.29 is 6.32 Å². The fraction of sp³-hybridized carbons (Fsp3) is 0. The monoisotopic (exact) mass is 124 g/mol. The van der Waals surface area contributed by atoms with Crippen LogP contribution in [0.15, 0.2) is 0 Å². The Morgan fingerprint density at radius 2 is 1.50 bits per heavy atom. The first kappa shape index (κ1) is 16.4. The fourth-order valence-corrected chi connectivity index (χ4v) is 0. The minimum atomic E-state index is 0. The van der Waals surface area contributed by atoms with Gasteiger partial charge >= 0.3 is 37.7 Å². The zero-order valence-corrected chi connectivity index (χ0v) is 2.18. The van der Waals surface area contributed by atoms with Gasteiger partial charge in [0.2, 0.25) is 0 Å². The summed E-state index contributed by atoms with van der Waals surface area (Å²) in [4.78, 5) is 6.92. The molecule has 0 aromatic rings. The van der Waals surface area contributed by atoms with Gasteiger partial charge in [0, 0.05) is 1.43 Å². The van der Waals surface area contributed by atoms with Gasteiger partial charge in [0.15, 0.2) is 17.4 Å². The van der Waals surface area contributed by atoms with E-state index in [1.165, 1.54) is 9.47 Å². The molecule has 0 aliphatic heterocycles. The fourth-order valence-electron chi connectivity index (χ4n) is 0. The summed E-state index contributed by atoms with van der Waals surface area (Å²) in [6.45, 7) is 0. The molecule has 1 atom stereocenters. The normalized spacial score (nSPS) is 1.50. The first-order valence-corrected chi connectivity index (χ1v) is 0.775. The molecule has 4 heavy (non-hydrogen) atoms. The van der Waals surface area contributed by atoms with Crippen LogP contribution < -0.4 is 0 Å². The van der Waals surface area contributed by atoms with Gasteiger partial charge in [0.1, 0.15) is 0 Å². The van der Waals surface area contributed by atoms with Gasteiger partial charge in [-0.15, -0.1) is 0 Å². The minimum Gasteiger partial charge on any atom is 0 e. The van der Waals surface area contributed by atoms with Crippen LogP contribution in [-0.4, -0.2) is 60.0 Å². The molecule has 0 aliphatic carbocycles. The van der Waals surface area contributed by atoms with E-state index < -0.39 is 0 Å². The van der Waals surface area contributed by atoms with Crippen molar-refractivity contribution >= 4 is 64.6 Å². The van der Waals surface area contributed by atoms with Gasteiger partial charge in [0.25, 0.3) is 0 Å². The SMILES string of the molecule is OP.[AlH3].[CaH2].[HH].